The molecule has 2 heterocycles. The number of methoxy groups -OCH3 is 1. The molecule has 5 rings (SSSR count). The van der Waals surface area contributed by atoms with Crippen LogP contribution in [-0.4, -0.2) is 34.9 Å². The van der Waals surface area contributed by atoms with Crippen LogP contribution in [0.1, 0.15) is 33.2 Å². The summed E-state index contributed by atoms with van der Waals surface area (Å²) in [5.41, 5.74) is 4.94. The predicted molar refractivity (Wildman–Crippen MR) is 134 cm³/mol. The first-order valence-corrected chi connectivity index (χ1v) is 11.3. The molecule has 0 spiro atoms. The second-order valence-electron chi connectivity index (χ2n) is 8.46. The van der Waals surface area contributed by atoms with Crippen molar-refractivity contribution in [2.45, 2.75) is 13.0 Å². The molecule has 1 aliphatic rings. The van der Waals surface area contributed by atoms with E-state index in [-0.39, 0.29) is 18.4 Å². The van der Waals surface area contributed by atoms with Gasteiger partial charge in [0.05, 0.1) is 13.2 Å². The minimum Gasteiger partial charge on any atom is -0.497 e. The second-order valence-corrected chi connectivity index (χ2v) is 8.87. The molecule has 1 aliphatic heterocycles. The van der Waals surface area contributed by atoms with Gasteiger partial charge >= 0.3 is 0 Å². The Labute approximate surface area is 202 Å². The number of benzene rings is 3. The molecule has 1 atom stereocenters. The number of ether oxygens (including phenoxy) is 1. The molecule has 1 N–H and O–H groups in total. The van der Waals surface area contributed by atoms with Gasteiger partial charge in [0.15, 0.2) is 0 Å². The molecule has 172 valence electrons. The van der Waals surface area contributed by atoms with Crippen molar-refractivity contribution in [2.24, 2.45) is 7.05 Å². The highest BCUT2D eigenvalue weighted by molar-refractivity contribution is 6.31. The molecule has 7 heteroatoms. The maximum absolute atomic E-state index is 13.7. The van der Waals surface area contributed by atoms with Crippen molar-refractivity contribution in [1.29, 1.82) is 0 Å². The van der Waals surface area contributed by atoms with Crippen LogP contribution in [0, 0.1) is 6.92 Å². The molecular formula is C27H24ClN3O3. The summed E-state index contributed by atoms with van der Waals surface area (Å²) in [6, 6.07) is 20.5. The highest BCUT2D eigenvalue weighted by atomic mass is 35.5. The van der Waals surface area contributed by atoms with Crippen LogP contribution in [-0.2, 0) is 11.8 Å². The van der Waals surface area contributed by atoms with E-state index in [9.17, 15) is 9.59 Å². The quantitative estimate of drug-likeness (QED) is 0.426. The molecule has 0 aliphatic carbocycles. The van der Waals surface area contributed by atoms with Gasteiger partial charge in [0.2, 0.25) is 5.91 Å². The van der Waals surface area contributed by atoms with E-state index in [1.165, 1.54) is 0 Å². The maximum atomic E-state index is 13.7. The van der Waals surface area contributed by atoms with Crippen LogP contribution in [0.3, 0.4) is 0 Å². The molecule has 4 aromatic rings. The van der Waals surface area contributed by atoms with E-state index in [1.54, 1.807) is 24.1 Å². The summed E-state index contributed by atoms with van der Waals surface area (Å²) in [6.07, 6.45) is 0. The van der Waals surface area contributed by atoms with E-state index in [0.717, 1.165) is 33.3 Å². The number of aryl methyl sites for hydroxylation is 2. The lowest BCUT2D eigenvalue weighted by Crippen LogP contribution is -2.37. The summed E-state index contributed by atoms with van der Waals surface area (Å²) in [6.45, 7) is 1.81. The van der Waals surface area contributed by atoms with Crippen molar-refractivity contribution >= 4 is 40.0 Å². The number of carbonyl (C=O) groups is 2. The lowest BCUT2D eigenvalue weighted by Gasteiger charge is -2.26. The molecule has 1 aromatic heterocycles. The Balaban J connectivity index is 1.54. The zero-order chi connectivity index (χ0) is 24.0. The fraction of sp³-hybridized carbons (Fsp3) is 0.185. The van der Waals surface area contributed by atoms with Gasteiger partial charge in [0.25, 0.3) is 5.91 Å². The Bertz CT molecular complexity index is 1430. The lowest BCUT2D eigenvalue weighted by atomic mass is 9.98. The molecule has 0 bridgehead atoms. The smallest absolute Gasteiger partial charge is 0.272 e. The molecule has 1 unspecified atom stereocenters. The number of nitrogens with zero attached hydrogens (tertiary/aromatic N) is 2. The second kappa shape index (κ2) is 8.54. The number of carbonyl (C=O) groups excluding carboxylic acids is 2. The molecule has 34 heavy (non-hydrogen) atoms. The van der Waals surface area contributed by atoms with Crippen molar-refractivity contribution in [1.82, 2.24) is 9.47 Å². The number of fused-ring (bicyclic) bond motifs is 3. The average Bonchev–Trinajstić information content (AvgIpc) is 3.29. The number of amides is 2. The minimum atomic E-state index is -0.396. The molecule has 2 amide bonds. The number of hydrogen-bond acceptors (Lipinski definition) is 3. The monoisotopic (exact) mass is 473 g/mol. The predicted octanol–water partition coefficient (Wildman–Crippen LogP) is 5.33. The maximum Gasteiger partial charge on any atom is 0.272 e. The summed E-state index contributed by atoms with van der Waals surface area (Å²) in [4.78, 5) is 28.3. The van der Waals surface area contributed by atoms with Gasteiger partial charge < -0.3 is 19.5 Å². The fourth-order valence-electron chi connectivity index (χ4n) is 4.69. The topological polar surface area (TPSA) is 63.6 Å². The molecule has 6 nitrogen and oxygen atoms in total. The Kier molecular flexibility index (Phi) is 5.54. The zero-order valence-electron chi connectivity index (χ0n) is 19.1. The van der Waals surface area contributed by atoms with Crippen LogP contribution < -0.4 is 10.1 Å². The van der Waals surface area contributed by atoms with E-state index >= 15 is 0 Å². The van der Waals surface area contributed by atoms with E-state index in [0.29, 0.717) is 16.4 Å². The fourth-order valence-corrected chi connectivity index (χ4v) is 4.87. The SMILES string of the molecule is COc1ccc(C2c3c(n(C)c4ccccc34)C(=O)N2CC(=O)Nc2ccc(C)c(Cl)c2)cc1. The van der Waals surface area contributed by atoms with Crippen LogP contribution in [0.5, 0.6) is 5.75 Å². The largest absolute Gasteiger partial charge is 0.497 e. The van der Waals surface area contributed by atoms with Crippen LogP contribution in [0.15, 0.2) is 66.7 Å². The van der Waals surface area contributed by atoms with Gasteiger partial charge in [-0.3, -0.25) is 9.59 Å². The van der Waals surface area contributed by atoms with Crippen molar-refractivity contribution in [3.8, 4) is 5.75 Å². The number of aromatic nitrogens is 1. The Hall–Kier alpha value is -3.77. The highest BCUT2D eigenvalue weighted by Crippen LogP contribution is 2.44. The first kappa shape index (κ1) is 22.0. The van der Waals surface area contributed by atoms with E-state index in [2.05, 4.69) is 5.32 Å². The lowest BCUT2D eigenvalue weighted by molar-refractivity contribution is -0.117. The van der Waals surface area contributed by atoms with Gasteiger partial charge in [-0.05, 0) is 48.4 Å². The summed E-state index contributed by atoms with van der Waals surface area (Å²) < 4.78 is 7.23. The Morgan fingerprint density at radius 3 is 2.53 bits per heavy atom. The van der Waals surface area contributed by atoms with Gasteiger partial charge in [-0.1, -0.05) is 48.0 Å². The van der Waals surface area contributed by atoms with Crippen molar-refractivity contribution in [3.05, 3.63) is 94.1 Å². The van der Waals surface area contributed by atoms with Crippen LogP contribution in [0.25, 0.3) is 10.9 Å². The molecule has 0 saturated carbocycles. The van der Waals surface area contributed by atoms with Gasteiger partial charge in [-0.2, -0.15) is 0 Å². The average molecular weight is 474 g/mol. The third-order valence-electron chi connectivity index (χ3n) is 6.40. The minimum absolute atomic E-state index is 0.0932. The zero-order valence-corrected chi connectivity index (χ0v) is 19.9. The van der Waals surface area contributed by atoms with E-state index < -0.39 is 6.04 Å². The Morgan fingerprint density at radius 1 is 1.09 bits per heavy atom. The van der Waals surface area contributed by atoms with Gasteiger partial charge in [0, 0.05) is 34.2 Å². The number of rotatable bonds is 5. The molecular weight excluding hydrogens is 450 g/mol. The number of halogens is 1. The van der Waals surface area contributed by atoms with Gasteiger partial charge in [-0.25, -0.2) is 0 Å². The number of nitrogens with one attached hydrogen (secondary N) is 1. The van der Waals surface area contributed by atoms with E-state index in [1.807, 2.05) is 73.1 Å². The number of hydrogen-bond donors (Lipinski definition) is 1. The van der Waals surface area contributed by atoms with Crippen LogP contribution >= 0.6 is 11.6 Å². The highest BCUT2D eigenvalue weighted by Gasteiger charge is 2.42. The molecule has 0 radical (unpaired) electrons. The summed E-state index contributed by atoms with van der Waals surface area (Å²) in [5, 5.41) is 4.45. The number of para-hydroxylation sites is 1. The molecule has 3 aromatic carbocycles. The Morgan fingerprint density at radius 2 is 1.82 bits per heavy atom. The standard InChI is InChI=1S/C27H24ClN3O3/c1-16-8-11-18(14-21(16)28)29-23(32)15-31-25(17-9-12-19(34-3)13-10-17)24-20-6-4-5-7-22(20)30(2)26(24)27(31)33/h4-14,25H,15H2,1-3H3,(H,29,32). The first-order chi connectivity index (χ1) is 16.4. The summed E-state index contributed by atoms with van der Waals surface area (Å²) in [7, 11) is 3.51. The molecule has 0 saturated heterocycles. The van der Waals surface area contributed by atoms with Crippen LogP contribution in [0.4, 0.5) is 5.69 Å². The third kappa shape index (κ3) is 3.60. The van der Waals surface area contributed by atoms with Gasteiger partial charge in [0.1, 0.15) is 18.0 Å². The normalized spacial score (nSPS) is 15.0. The first-order valence-electron chi connectivity index (χ1n) is 11.0. The van der Waals surface area contributed by atoms with Crippen molar-refractivity contribution < 1.29 is 14.3 Å². The number of anilines is 1. The van der Waals surface area contributed by atoms with Crippen molar-refractivity contribution in [3.63, 3.8) is 0 Å². The summed E-state index contributed by atoms with van der Waals surface area (Å²) in [5.74, 6) is 0.266. The summed E-state index contributed by atoms with van der Waals surface area (Å²) >= 11 is 6.21. The van der Waals surface area contributed by atoms with E-state index in [4.69, 9.17) is 16.3 Å². The van der Waals surface area contributed by atoms with Crippen LogP contribution in [0.2, 0.25) is 5.02 Å². The van der Waals surface area contributed by atoms with Gasteiger partial charge in [-0.15, -0.1) is 0 Å². The molecule has 0 fully saturated rings. The van der Waals surface area contributed by atoms with Crippen molar-refractivity contribution in [2.75, 3.05) is 19.0 Å². The third-order valence-corrected chi connectivity index (χ3v) is 6.80.